The van der Waals surface area contributed by atoms with Crippen molar-refractivity contribution in [2.24, 2.45) is 5.10 Å². The topological polar surface area (TPSA) is 93.8 Å². The highest BCUT2D eigenvalue weighted by Crippen LogP contribution is 2.23. The monoisotopic (exact) mass is 459 g/mol. The summed E-state index contributed by atoms with van der Waals surface area (Å²) in [5, 5.41) is 14.6. The molecule has 0 aliphatic carbocycles. The largest absolute Gasteiger partial charge is 0.488 e. The maximum atomic E-state index is 12.4. The highest BCUT2D eigenvalue weighted by molar-refractivity contribution is 9.10. The maximum absolute atomic E-state index is 12.4. The van der Waals surface area contributed by atoms with Gasteiger partial charge >= 0.3 is 5.00 Å². The molecule has 7 nitrogen and oxygen atoms in total. The Labute approximate surface area is 172 Å². The molecular weight excluding hydrogens is 446 g/mol. The predicted molar refractivity (Wildman–Crippen MR) is 111 cm³/mol. The van der Waals surface area contributed by atoms with Crippen LogP contribution in [0.3, 0.4) is 0 Å². The van der Waals surface area contributed by atoms with Gasteiger partial charge in [0.1, 0.15) is 12.4 Å². The summed E-state index contributed by atoms with van der Waals surface area (Å²) in [6.07, 6.45) is 1.36. The molecule has 1 aromatic heterocycles. The first-order valence-electron chi connectivity index (χ1n) is 8.07. The van der Waals surface area contributed by atoms with Gasteiger partial charge in [0.25, 0.3) is 5.91 Å². The number of amides is 1. The van der Waals surface area contributed by atoms with Crippen molar-refractivity contribution in [3.05, 3.63) is 91.3 Å². The fourth-order valence-corrected chi connectivity index (χ4v) is 3.43. The van der Waals surface area contributed by atoms with Gasteiger partial charge in [-0.25, -0.2) is 5.43 Å². The molecule has 0 unspecified atom stereocenters. The van der Waals surface area contributed by atoms with E-state index >= 15 is 0 Å². The Hall–Kier alpha value is -3.04. The molecule has 1 N–H and O–H groups in total. The number of rotatable bonds is 7. The van der Waals surface area contributed by atoms with Gasteiger partial charge in [0, 0.05) is 10.5 Å². The molecule has 1 amide bonds. The van der Waals surface area contributed by atoms with Crippen LogP contribution in [0.1, 0.15) is 20.8 Å². The van der Waals surface area contributed by atoms with E-state index in [1.807, 2.05) is 24.3 Å². The third kappa shape index (κ3) is 5.24. The summed E-state index contributed by atoms with van der Waals surface area (Å²) in [5.41, 5.74) is 3.71. The number of thiophene rings is 1. The minimum Gasteiger partial charge on any atom is -0.488 e. The van der Waals surface area contributed by atoms with E-state index in [1.54, 1.807) is 30.3 Å². The number of hydrogen-bond acceptors (Lipinski definition) is 6. The number of carbonyl (C=O) groups is 1. The first kappa shape index (κ1) is 19.7. The van der Waals surface area contributed by atoms with E-state index in [4.69, 9.17) is 4.74 Å². The molecule has 0 bridgehead atoms. The molecule has 2 aromatic carbocycles. The first-order chi connectivity index (χ1) is 13.5. The Morgan fingerprint density at radius 3 is 2.79 bits per heavy atom. The van der Waals surface area contributed by atoms with Crippen LogP contribution in [0, 0.1) is 10.1 Å². The second-order valence-electron chi connectivity index (χ2n) is 5.55. The van der Waals surface area contributed by atoms with E-state index in [0.717, 1.165) is 21.4 Å². The molecule has 1 heterocycles. The minimum atomic E-state index is -0.473. The lowest BCUT2D eigenvalue weighted by Crippen LogP contribution is -2.18. The Morgan fingerprint density at radius 2 is 2.04 bits per heavy atom. The van der Waals surface area contributed by atoms with Crippen molar-refractivity contribution in [2.75, 3.05) is 0 Å². The van der Waals surface area contributed by atoms with Gasteiger partial charge in [0.05, 0.1) is 21.6 Å². The van der Waals surface area contributed by atoms with Gasteiger partial charge in [-0.15, -0.1) is 0 Å². The molecule has 0 saturated carbocycles. The second kappa shape index (κ2) is 9.25. The summed E-state index contributed by atoms with van der Waals surface area (Å²) < 4.78 is 6.73. The average molecular weight is 460 g/mol. The van der Waals surface area contributed by atoms with Crippen LogP contribution in [0.2, 0.25) is 0 Å². The minimum absolute atomic E-state index is 0.0130. The number of nitrogens with zero attached hydrogens (tertiary/aromatic N) is 2. The van der Waals surface area contributed by atoms with E-state index < -0.39 is 10.8 Å². The fourth-order valence-electron chi connectivity index (χ4n) is 2.29. The van der Waals surface area contributed by atoms with Crippen molar-refractivity contribution in [2.45, 2.75) is 6.61 Å². The van der Waals surface area contributed by atoms with Crippen molar-refractivity contribution in [3.63, 3.8) is 0 Å². The fraction of sp³-hybridized carbons (Fsp3) is 0.0526. The molecule has 3 aromatic rings. The highest BCUT2D eigenvalue weighted by Gasteiger charge is 2.12. The number of ether oxygens (including phenoxy) is 1. The van der Waals surface area contributed by atoms with E-state index in [-0.39, 0.29) is 5.00 Å². The Morgan fingerprint density at radius 1 is 1.21 bits per heavy atom. The van der Waals surface area contributed by atoms with E-state index in [9.17, 15) is 14.9 Å². The SMILES string of the molecule is O=C(N/N=C\c1ccc([N+](=O)[O-])s1)c1ccccc1OCc1cccc(Br)c1. The van der Waals surface area contributed by atoms with Gasteiger partial charge in [-0.3, -0.25) is 14.9 Å². The Kier molecular flexibility index (Phi) is 6.51. The number of carbonyl (C=O) groups excluding carboxylic acids is 1. The lowest BCUT2D eigenvalue weighted by molar-refractivity contribution is -0.380. The average Bonchev–Trinajstić information content (AvgIpc) is 3.16. The number of para-hydroxylation sites is 1. The molecule has 0 aliphatic rings. The summed E-state index contributed by atoms with van der Waals surface area (Å²) in [4.78, 5) is 23.2. The zero-order valence-corrected chi connectivity index (χ0v) is 16.8. The lowest BCUT2D eigenvalue weighted by atomic mass is 10.2. The maximum Gasteiger partial charge on any atom is 0.324 e. The molecule has 9 heteroatoms. The molecule has 28 heavy (non-hydrogen) atoms. The second-order valence-corrected chi connectivity index (χ2v) is 7.56. The molecule has 142 valence electrons. The number of nitrogens with one attached hydrogen (secondary N) is 1. The number of benzene rings is 2. The third-order valence-electron chi connectivity index (χ3n) is 3.57. The molecule has 0 aliphatic heterocycles. The Balaban J connectivity index is 1.64. The molecule has 0 radical (unpaired) electrons. The summed E-state index contributed by atoms with van der Waals surface area (Å²) in [5.74, 6) is -0.00548. The summed E-state index contributed by atoms with van der Waals surface area (Å²) in [7, 11) is 0. The quantitative estimate of drug-likeness (QED) is 0.313. The van der Waals surface area contributed by atoms with E-state index in [1.165, 1.54) is 12.3 Å². The van der Waals surface area contributed by atoms with E-state index in [0.29, 0.717) is 22.8 Å². The number of nitro groups is 1. The molecular formula is C19H14BrN3O4S. The van der Waals surface area contributed by atoms with Gasteiger partial charge in [-0.1, -0.05) is 51.5 Å². The van der Waals surface area contributed by atoms with Crippen LogP contribution in [0.25, 0.3) is 0 Å². The highest BCUT2D eigenvalue weighted by atomic mass is 79.9. The lowest BCUT2D eigenvalue weighted by Gasteiger charge is -2.10. The summed E-state index contributed by atoms with van der Waals surface area (Å²) in [6, 6.07) is 17.5. The van der Waals surface area contributed by atoms with Crippen LogP contribution in [0.15, 0.2) is 70.2 Å². The zero-order valence-electron chi connectivity index (χ0n) is 14.4. The smallest absolute Gasteiger partial charge is 0.324 e. The third-order valence-corrected chi connectivity index (χ3v) is 5.03. The number of hydrazone groups is 1. The summed E-state index contributed by atoms with van der Waals surface area (Å²) >= 11 is 4.38. The van der Waals surface area contributed by atoms with Gasteiger partial charge in [-0.2, -0.15) is 5.10 Å². The first-order valence-corrected chi connectivity index (χ1v) is 9.68. The standard InChI is InChI=1S/C19H14BrN3O4S/c20-14-5-3-4-13(10-14)12-27-17-7-2-1-6-16(17)19(24)22-21-11-15-8-9-18(28-15)23(25)26/h1-11H,12H2,(H,22,24)/b21-11-. The van der Waals surface area contributed by atoms with Crippen molar-refractivity contribution >= 4 is 44.4 Å². The predicted octanol–water partition coefficient (Wildman–Crippen LogP) is 4.76. The zero-order chi connectivity index (χ0) is 19.9. The van der Waals surface area contributed by atoms with Crippen molar-refractivity contribution in [1.29, 1.82) is 0 Å². The Bertz CT molecular complexity index is 1040. The number of halogens is 1. The van der Waals surface area contributed by atoms with Crippen molar-refractivity contribution < 1.29 is 14.5 Å². The van der Waals surface area contributed by atoms with Crippen LogP contribution in [-0.4, -0.2) is 17.0 Å². The van der Waals surface area contributed by atoms with Crippen LogP contribution in [-0.2, 0) is 6.61 Å². The van der Waals surface area contributed by atoms with Crippen molar-refractivity contribution in [1.82, 2.24) is 5.43 Å². The summed E-state index contributed by atoms with van der Waals surface area (Å²) in [6.45, 7) is 0.311. The van der Waals surface area contributed by atoms with Gasteiger partial charge in [0.2, 0.25) is 0 Å². The molecule has 0 atom stereocenters. The van der Waals surface area contributed by atoms with Crippen LogP contribution in [0.4, 0.5) is 5.00 Å². The van der Waals surface area contributed by atoms with Crippen molar-refractivity contribution in [3.8, 4) is 5.75 Å². The number of hydrogen-bond donors (Lipinski definition) is 1. The van der Waals surface area contributed by atoms with Gasteiger partial charge < -0.3 is 4.74 Å². The van der Waals surface area contributed by atoms with Gasteiger partial charge in [0.15, 0.2) is 0 Å². The van der Waals surface area contributed by atoms with Crippen LogP contribution < -0.4 is 10.2 Å². The molecule has 0 saturated heterocycles. The molecule has 3 rings (SSSR count). The molecule has 0 fully saturated rings. The van der Waals surface area contributed by atoms with E-state index in [2.05, 4.69) is 26.5 Å². The van der Waals surface area contributed by atoms with Gasteiger partial charge in [-0.05, 0) is 35.9 Å². The molecule has 0 spiro atoms. The van der Waals surface area contributed by atoms with Crippen LogP contribution in [0.5, 0.6) is 5.75 Å². The normalized spacial score (nSPS) is 10.8. The van der Waals surface area contributed by atoms with Crippen LogP contribution >= 0.6 is 27.3 Å².